The fourth-order valence-corrected chi connectivity index (χ4v) is 8.75. The molecule has 8 rings (SSSR count). The fraction of sp³-hybridized carbons (Fsp3) is 0.340. The molecule has 4 aliphatic rings. The summed E-state index contributed by atoms with van der Waals surface area (Å²) in [4.78, 5) is 0. The average molecular weight is 817 g/mol. The third-order valence-electron chi connectivity index (χ3n) is 10.9. The number of hydrogen-bond acceptors (Lipinski definition) is 0. The van der Waals surface area contributed by atoms with E-state index >= 15 is 0 Å². The van der Waals surface area contributed by atoms with Crippen molar-refractivity contribution in [1.82, 2.24) is 0 Å². The Morgan fingerprint density at radius 2 is 1.19 bits per heavy atom. The van der Waals surface area contributed by atoms with Gasteiger partial charge in [0, 0.05) is 5.41 Å². The van der Waals surface area contributed by atoms with Crippen LogP contribution in [-0.4, -0.2) is 3.21 Å². The third kappa shape index (κ3) is 9.01. The fourth-order valence-electron chi connectivity index (χ4n) is 7.94. The van der Waals surface area contributed by atoms with Crippen LogP contribution in [0.25, 0.3) is 22.3 Å². The Hall–Kier alpha value is -2.83. The molecule has 3 heteroatoms. The smallest absolute Gasteiger partial charge is 1.00 e. The number of benzene rings is 4. The van der Waals surface area contributed by atoms with E-state index in [4.69, 9.17) is 0 Å². The first-order chi connectivity index (χ1) is 23.8. The van der Waals surface area contributed by atoms with Gasteiger partial charge in [-0.15, -0.1) is 11.6 Å². The van der Waals surface area contributed by atoms with Crippen LogP contribution in [-0.2, 0) is 41.5 Å². The van der Waals surface area contributed by atoms with Crippen LogP contribution in [0.5, 0.6) is 0 Å². The Labute approximate surface area is 348 Å². The van der Waals surface area contributed by atoms with Crippen molar-refractivity contribution >= 4 is 14.4 Å². The molecule has 0 aromatic heterocycles. The minimum atomic E-state index is 0. The molecule has 0 radical (unpaired) electrons. The second-order valence-corrected chi connectivity index (χ2v) is 18.5. The first-order valence-electron chi connectivity index (χ1n) is 18.6. The first kappa shape index (κ1) is 42.9. The predicted octanol–water partition coefficient (Wildman–Crippen LogP) is 6.85. The second kappa shape index (κ2) is 16.1. The minimum Gasteiger partial charge on any atom is -1.00 e. The molecule has 0 bridgehead atoms. The molecule has 1 unspecified atom stereocenters. The Morgan fingerprint density at radius 1 is 0.698 bits per heavy atom. The normalized spacial score (nSPS) is 17.5. The molecule has 0 spiro atoms. The second-order valence-electron chi connectivity index (χ2n) is 17.3. The molecule has 274 valence electrons. The molecule has 0 saturated heterocycles. The minimum absolute atomic E-state index is 0. The maximum Gasteiger partial charge on any atom is -1.00 e. The van der Waals surface area contributed by atoms with E-state index in [1.807, 2.05) is 0 Å². The maximum atomic E-state index is 3.65. The SMILES string of the molecule is CC1=[C-]C(C)(C)c2cc3c(cc21)-c1cc2c(cc1C3)C(C)(C)C=C2C.CC1[C-]=CC(C(C)(C)C)=C1.Cc1ccc([C](=[Zr+2])c2ccc(C)cc2)cc1.[Cl-].[Cl-]. The van der Waals surface area contributed by atoms with Gasteiger partial charge in [0.25, 0.3) is 0 Å². The van der Waals surface area contributed by atoms with Gasteiger partial charge in [0.2, 0.25) is 0 Å². The van der Waals surface area contributed by atoms with Crippen molar-refractivity contribution in [1.29, 1.82) is 0 Å². The number of rotatable bonds is 2. The van der Waals surface area contributed by atoms with Gasteiger partial charge >= 0.3 is 112 Å². The van der Waals surface area contributed by atoms with E-state index in [1.54, 1.807) is 0 Å². The summed E-state index contributed by atoms with van der Waals surface area (Å²) in [5.41, 5.74) is 21.6. The zero-order valence-electron chi connectivity index (χ0n) is 33.7. The number of halogens is 2. The van der Waals surface area contributed by atoms with Gasteiger partial charge in [-0.2, -0.15) is 17.2 Å². The summed E-state index contributed by atoms with van der Waals surface area (Å²) < 4.78 is 1.42. The van der Waals surface area contributed by atoms with Gasteiger partial charge in [-0.05, 0) is 58.4 Å². The molecular formula is C50H54Cl2Zr-2. The van der Waals surface area contributed by atoms with Gasteiger partial charge in [-0.25, -0.2) is 11.6 Å². The molecule has 0 saturated carbocycles. The Kier molecular flexibility index (Phi) is 13.0. The van der Waals surface area contributed by atoms with Crippen LogP contribution in [0.1, 0.15) is 125 Å². The van der Waals surface area contributed by atoms with Crippen molar-refractivity contribution in [2.45, 2.75) is 100 Å². The Morgan fingerprint density at radius 3 is 1.64 bits per heavy atom. The topological polar surface area (TPSA) is 0 Å². The van der Waals surface area contributed by atoms with Gasteiger partial charge in [0.15, 0.2) is 0 Å². The number of aryl methyl sites for hydroxylation is 2. The standard InChI is InChI=1S/C25H25.C15H14.C10H15.2ClH.Zr/c1-14-12-24(3,4)22-8-16-7-17-9-23-19(15(2)13-25(23,5)6)11-21(17)20(16)10-18(14)22;1-12-3-7-14(8-4-12)11-15-9-5-13(2)6-10-15;1-8-5-6-9(7-8)10(2,3)4;;;/h8-12H,7H2,1-6H3;3-10H,1-2H3;6-8H,1-4H3;2*1H;/q-1;;-1;;;+2/p-2. The molecule has 53 heavy (non-hydrogen) atoms. The maximum absolute atomic E-state index is 3.65. The zero-order valence-corrected chi connectivity index (χ0v) is 37.7. The van der Waals surface area contributed by atoms with E-state index < -0.39 is 0 Å². The van der Waals surface area contributed by atoms with E-state index in [0.29, 0.717) is 11.3 Å². The molecule has 0 nitrogen and oxygen atoms in total. The molecule has 0 N–H and O–H groups in total. The van der Waals surface area contributed by atoms with E-state index in [9.17, 15) is 0 Å². The largest absolute Gasteiger partial charge is 1.00 e. The molecule has 0 fully saturated rings. The molecule has 4 aliphatic carbocycles. The molecule has 0 amide bonds. The summed E-state index contributed by atoms with van der Waals surface area (Å²) in [6.07, 6.45) is 14.8. The van der Waals surface area contributed by atoms with Crippen LogP contribution in [0.3, 0.4) is 0 Å². The van der Waals surface area contributed by atoms with Crippen LogP contribution < -0.4 is 24.8 Å². The predicted molar refractivity (Wildman–Crippen MR) is 217 cm³/mol. The van der Waals surface area contributed by atoms with Crippen molar-refractivity contribution < 1.29 is 49.0 Å². The molecule has 0 heterocycles. The number of hydrogen-bond donors (Lipinski definition) is 0. The molecule has 1 atom stereocenters. The number of fused-ring (bicyclic) bond motifs is 5. The van der Waals surface area contributed by atoms with Gasteiger partial charge in [0.05, 0.1) is 0 Å². The summed E-state index contributed by atoms with van der Waals surface area (Å²) >= 11 is 1.46. The van der Waals surface area contributed by atoms with Crippen LogP contribution in [0.2, 0.25) is 0 Å². The van der Waals surface area contributed by atoms with Crippen molar-refractivity contribution in [2.24, 2.45) is 11.3 Å². The summed E-state index contributed by atoms with van der Waals surface area (Å²) in [5.74, 6) is 0.522. The van der Waals surface area contributed by atoms with E-state index in [2.05, 4.69) is 186 Å². The summed E-state index contributed by atoms with van der Waals surface area (Å²) in [6.45, 7) is 26.8. The van der Waals surface area contributed by atoms with Crippen molar-refractivity contribution in [2.75, 3.05) is 0 Å². The summed E-state index contributed by atoms with van der Waals surface area (Å²) in [7, 11) is 0. The van der Waals surface area contributed by atoms with E-state index in [-0.39, 0.29) is 35.6 Å². The van der Waals surface area contributed by atoms with E-state index in [1.165, 1.54) is 111 Å². The average Bonchev–Trinajstić information content (AvgIpc) is 3.77. The van der Waals surface area contributed by atoms with Gasteiger partial charge < -0.3 is 24.8 Å². The quantitative estimate of drug-likeness (QED) is 0.171. The summed E-state index contributed by atoms with van der Waals surface area (Å²) in [6, 6.07) is 27.3. The Balaban J connectivity index is 0.000000194. The Bertz CT molecular complexity index is 2010. The van der Waals surface area contributed by atoms with Gasteiger partial charge in [-0.1, -0.05) is 97.3 Å². The molecule has 4 aromatic carbocycles. The summed E-state index contributed by atoms with van der Waals surface area (Å²) in [5, 5.41) is 0. The zero-order chi connectivity index (χ0) is 37.0. The van der Waals surface area contributed by atoms with Gasteiger partial charge in [0.1, 0.15) is 0 Å². The van der Waals surface area contributed by atoms with Crippen LogP contribution in [0.4, 0.5) is 0 Å². The van der Waals surface area contributed by atoms with Crippen LogP contribution in [0.15, 0.2) is 96.6 Å². The molecule has 0 aliphatic heterocycles. The van der Waals surface area contributed by atoms with Crippen molar-refractivity contribution in [3.8, 4) is 11.1 Å². The van der Waals surface area contributed by atoms with Crippen molar-refractivity contribution in [3.05, 3.63) is 164 Å². The third-order valence-corrected chi connectivity index (χ3v) is 12.3. The number of allylic oxidation sites excluding steroid dienone is 8. The van der Waals surface area contributed by atoms with Crippen LogP contribution >= 0.6 is 0 Å². The first-order valence-corrected chi connectivity index (χ1v) is 19.8. The molecule has 4 aromatic rings. The van der Waals surface area contributed by atoms with Gasteiger partial charge in [-0.3, -0.25) is 12.2 Å². The van der Waals surface area contributed by atoms with Crippen molar-refractivity contribution in [3.63, 3.8) is 0 Å². The monoisotopic (exact) mass is 814 g/mol. The van der Waals surface area contributed by atoms with E-state index in [0.717, 1.165) is 6.42 Å². The van der Waals surface area contributed by atoms with Crippen LogP contribution in [0, 0.1) is 37.3 Å². The molecular weight excluding hydrogens is 763 g/mol.